The van der Waals surface area contributed by atoms with Crippen molar-refractivity contribution in [1.29, 1.82) is 0 Å². The second kappa shape index (κ2) is 10.1. The Hall–Kier alpha value is -2.94. The Labute approximate surface area is 218 Å². The number of aliphatic hydroxyl groups excluding tert-OH is 1. The van der Waals surface area contributed by atoms with Crippen LogP contribution in [0.4, 0.5) is 5.69 Å². The molecule has 0 radical (unpaired) electrons. The highest BCUT2D eigenvalue weighted by Gasteiger charge is 2.39. The van der Waals surface area contributed by atoms with Crippen molar-refractivity contribution < 1.29 is 19.4 Å². The topological polar surface area (TPSA) is 85.3 Å². The van der Waals surface area contributed by atoms with Crippen LogP contribution >= 0.6 is 0 Å². The Bertz CT molecular complexity index is 1170. The molecule has 4 aliphatic rings. The minimum absolute atomic E-state index is 0.0286. The van der Waals surface area contributed by atoms with E-state index in [1.807, 2.05) is 23.1 Å². The van der Waals surface area contributed by atoms with Crippen LogP contribution in [0.2, 0.25) is 0 Å². The van der Waals surface area contributed by atoms with Crippen molar-refractivity contribution >= 4 is 17.5 Å². The van der Waals surface area contributed by atoms with Crippen molar-refractivity contribution in [3.05, 3.63) is 64.7 Å². The molecule has 0 aromatic heterocycles. The number of amides is 2. The summed E-state index contributed by atoms with van der Waals surface area (Å²) in [4.78, 5) is 32.8. The Kier molecular flexibility index (Phi) is 6.65. The fraction of sp³-hybridized carbons (Fsp3) is 0.517. The molecule has 4 aliphatic heterocycles. The van der Waals surface area contributed by atoms with Gasteiger partial charge in [-0.15, -0.1) is 0 Å². The van der Waals surface area contributed by atoms with E-state index in [0.717, 1.165) is 51.5 Å². The predicted molar refractivity (Wildman–Crippen MR) is 141 cm³/mol. The molecule has 3 unspecified atom stereocenters. The number of rotatable bonds is 5. The minimum Gasteiger partial charge on any atom is -0.390 e. The summed E-state index contributed by atoms with van der Waals surface area (Å²) in [6.45, 7) is 7.94. The third kappa shape index (κ3) is 4.62. The summed E-state index contributed by atoms with van der Waals surface area (Å²) in [5, 5.41) is 14.6. The van der Waals surface area contributed by atoms with Crippen LogP contribution in [0.5, 0.6) is 0 Å². The number of anilines is 1. The molecule has 2 fully saturated rings. The Morgan fingerprint density at radius 3 is 2.57 bits per heavy atom. The molecule has 2 saturated heterocycles. The maximum absolute atomic E-state index is 13.6. The van der Waals surface area contributed by atoms with E-state index in [0.29, 0.717) is 36.1 Å². The number of nitrogens with zero attached hydrogens (tertiary/aromatic N) is 3. The number of nitrogens with one attached hydrogen (secondary N) is 1. The molecular formula is C29H36N4O4. The molecule has 4 heterocycles. The smallest absolute Gasteiger partial charge is 0.256 e. The van der Waals surface area contributed by atoms with E-state index in [2.05, 4.69) is 29.3 Å². The normalized spacial score (nSPS) is 25.9. The third-order valence-electron chi connectivity index (χ3n) is 8.64. The van der Waals surface area contributed by atoms with E-state index >= 15 is 0 Å². The van der Waals surface area contributed by atoms with E-state index in [4.69, 9.17) is 4.74 Å². The number of benzene rings is 2. The lowest BCUT2D eigenvalue weighted by atomic mass is 9.92. The van der Waals surface area contributed by atoms with Gasteiger partial charge in [-0.3, -0.25) is 9.59 Å². The summed E-state index contributed by atoms with van der Waals surface area (Å²) in [6, 6.07) is 13.7. The zero-order chi connectivity index (χ0) is 25.5. The van der Waals surface area contributed by atoms with Gasteiger partial charge >= 0.3 is 0 Å². The summed E-state index contributed by atoms with van der Waals surface area (Å²) in [6.07, 6.45) is 0.0701. The third-order valence-corrected chi connectivity index (χ3v) is 8.64. The van der Waals surface area contributed by atoms with Crippen molar-refractivity contribution in [3.63, 3.8) is 0 Å². The van der Waals surface area contributed by atoms with Crippen LogP contribution < -0.4 is 10.2 Å². The van der Waals surface area contributed by atoms with Crippen molar-refractivity contribution in [2.75, 3.05) is 57.4 Å². The first-order valence-corrected chi connectivity index (χ1v) is 13.5. The monoisotopic (exact) mass is 504 g/mol. The first kappa shape index (κ1) is 24.4. The lowest BCUT2D eigenvalue weighted by Gasteiger charge is -2.33. The number of hydrogen-bond acceptors (Lipinski definition) is 6. The van der Waals surface area contributed by atoms with Crippen molar-refractivity contribution in [2.45, 2.75) is 32.0 Å². The van der Waals surface area contributed by atoms with Gasteiger partial charge in [-0.25, -0.2) is 0 Å². The number of ether oxygens (including phenoxy) is 1. The number of likely N-dealkylation sites (tertiary alicyclic amines) is 1. The summed E-state index contributed by atoms with van der Waals surface area (Å²) in [5.41, 5.74) is 4.55. The van der Waals surface area contributed by atoms with E-state index < -0.39 is 6.10 Å². The standard InChI is InChI=1S/C29H36N4O4/c1-2-31-9-10-32(16-27(34)25-11-19-5-3-4-6-21(19)13-30-25)29(36)24-8-7-20(12-26(24)31)28(35)33-14-22-17-37-18-23(22)15-33/h3-8,12,22-23,25,27,30,34H,2,9-11,13-18H2,1H3/t22?,23?,25-,27?/m0/s1. The van der Waals surface area contributed by atoms with Crippen LogP contribution in [0.3, 0.4) is 0 Å². The molecule has 0 bridgehead atoms. The molecule has 8 heteroatoms. The molecule has 2 aromatic rings. The first-order valence-electron chi connectivity index (χ1n) is 13.5. The summed E-state index contributed by atoms with van der Waals surface area (Å²) in [7, 11) is 0. The highest BCUT2D eigenvalue weighted by molar-refractivity contribution is 6.03. The molecule has 4 atom stereocenters. The first-order chi connectivity index (χ1) is 18.0. The van der Waals surface area contributed by atoms with E-state index in [-0.39, 0.29) is 24.4 Å². The Balaban J connectivity index is 1.18. The highest BCUT2D eigenvalue weighted by Crippen LogP contribution is 2.32. The summed E-state index contributed by atoms with van der Waals surface area (Å²) < 4.78 is 5.56. The molecule has 8 nitrogen and oxygen atoms in total. The van der Waals surface area contributed by atoms with Gasteiger partial charge in [-0.05, 0) is 42.7 Å². The van der Waals surface area contributed by atoms with E-state index in [9.17, 15) is 14.7 Å². The van der Waals surface area contributed by atoms with Gasteiger partial charge in [0.1, 0.15) is 0 Å². The van der Waals surface area contributed by atoms with E-state index in [1.165, 1.54) is 11.1 Å². The van der Waals surface area contributed by atoms with E-state index in [1.54, 1.807) is 17.0 Å². The van der Waals surface area contributed by atoms with Crippen LogP contribution in [-0.4, -0.2) is 91.3 Å². The quantitative estimate of drug-likeness (QED) is 0.646. The molecule has 6 rings (SSSR count). The maximum atomic E-state index is 13.6. The lowest BCUT2D eigenvalue weighted by Crippen LogP contribution is -2.50. The molecule has 0 aliphatic carbocycles. The van der Waals surface area contributed by atoms with Gasteiger partial charge in [0, 0.05) is 69.3 Å². The second-order valence-corrected chi connectivity index (χ2v) is 10.9. The van der Waals surface area contributed by atoms with Crippen LogP contribution in [-0.2, 0) is 17.7 Å². The molecule has 2 aromatic carbocycles. The van der Waals surface area contributed by atoms with Gasteiger partial charge in [0.15, 0.2) is 0 Å². The van der Waals surface area contributed by atoms with Crippen LogP contribution in [0, 0.1) is 11.8 Å². The molecule has 0 saturated carbocycles. The highest BCUT2D eigenvalue weighted by atomic mass is 16.5. The summed E-state index contributed by atoms with van der Waals surface area (Å²) in [5.74, 6) is 0.810. The Morgan fingerprint density at radius 1 is 1.08 bits per heavy atom. The van der Waals surface area contributed by atoms with Gasteiger partial charge in [-0.2, -0.15) is 0 Å². The average Bonchev–Trinajstić information content (AvgIpc) is 3.51. The molecule has 0 spiro atoms. The minimum atomic E-state index is -0.673. The number of carbonyl (C=O) groups excluding carboxylic acids is 2. The van der Waals surface area contributed by atoms with Crippen molar-refractivity contribution in [1.82, 2.24) is 15.1 Å². The molecular weight excluding hydrogens is 468 g/mol. The average molecular weight is 505 g/mol. The van der Waals surface area contributed by atoms with Gasteiger partial charge in [0.2, 0.25) is 0 Å². The van der Waals surface area contributed by atoms with Crippen LogP contribution in [0.15, 0.2) is 42.5 Å². The van der Waals surface area contributed by atoms with Crippen LogP contribution in [0.25, 0.3) is 0 Å². The number of β-amino-alcohol motifs (C(OH)–C–C–N with tert-alkyl or cyclic N) is 1. The Morgan fingerprint density at radius 2 is 1.81 bits per heavy atom. The fourth-order valence-corrected chi connectivity index (χ4v) is 6.38. The molecule has 37 heavy (non-hydrogen) atoms. The second-order valence-electron chi connectivity index (χ2n) is 10.9. The predicted octanol–water partition coefficient (Wildman–Crippen LogP) is 1.76. The fourth-order valence-electron chi connectivity index (χ4n) is 6.38. The molecule has 196 valence electrons. The lowest BCUT2D eigenvalue weighted by molar-refractivity contribution is 0.0540. The zero-order valence-corrected chi connectivity index (χ0v) is 21.4. The number of aliphatic hydroxyl groups is 1. The molecule has 2 amide bonds. The van der Waals surface area contributed by atoms with Gasteiger partial charge in [-0.1, -0.05) is 24.3 Å². The maximum Gasteiger partial charge on any atom is 0.256 e. The summed E-state index contributed by atoms with van der Waals surface area (Å²) >= 11 is 0. The zero-order valence-electron chi connectivity index (χ0n) is 21.4. The SMILES string of the molecule is CCN1CCN(CC(O)[C@@H]2Cc3ccccc3CN2)C(=O)c2ccc(C(=O)N3CC4COCC4C3)cc21. The van der Waals surface area contributed by atoms with Gasteiger partial charge < -0.3 is 29.9 Å². The number of likely N-dealkylation sites (N-methyl/N-ethyl adjacent to an activating group) is 1. The number of fused-ring (bicyclic) bond motifs is 3. The van der Waals surface area contributed by atoms with Crippen molar-refractivity contribution in [3.8, 4) is 0 Å². The van der Waals surface area contributed by atoms with Crippen LogP contribution in [0.1, 0.15) is 38.8 Å². The largest absolute Gasteiger partial charge is 0.390 e. The molecule has 2 N–H and O–H groups in total. The number of hydrogen-bond donors (Lipinski definition) is 2. The van der Waals surface area contributed by atoms with Crippen molar-refractivity contribution in [2.24, 2.45) is 11.8 Å². The van der Waals surface area contributed by atoms with Gasteiger partial charge in [0.25, 0.3) is 11.8 Å². The van der Waals surface area contributed by atoms with Gasteiger partial charge in [0.05, 0.1) is 30.6 Å². The number of carbonyl (C=O) groups is 2.